The normalized spacial score (nSPS) is 10.6. The molecule has 0 amide bonds. The van der Waals surface area contributed by atoms with Crippen LogP contribution in [0, 0.1) is 0 Å². The van der Waals surface area contributed by atoms with Crippen LogP contribution in [0.1, 0.15) is 0 Å². The quantitative estimate of drug-likeness (QED) is 0.585. The summed E-state index contributed by atoms with van der Waals surface area (Å²) < 4.78 is 0. The van der Waals surface area contributed by atoms with Crippen LogP contribution in [-0.4, -0.2) is 12.0 Å². The average Bonchev–Trinajstić information content (AvgIpc) is 1.95. The summed E-state index contributed by atoms with van der Waals surface area (Å²) >= 11 is 0. The number of rotatable bonds is 1. The minimum absolute atomic E-state index is 0.301. The fourth-order valence-electron chi connectivity index (χ4n) is 0.676. The molecule has 0 saturated heterocycles. The zero-order valence-electron chi connectivity index (χ0n) is 6.15. The van der Waals surface area contributed by atoms with Gasteiger partial charge in [-0.15, -0.1) is 0 Å². The van der Waals surface area contributed by atoms with E-state index in [-0.39, 0.29) is 0 Å². The van der Waals surface area contributed by atoms with Crippen LogP contribution in [0.3, 0.4) is 0 Å². The molecular formula is C6H9N5. The van der Waals surface area contributed by atoms with Crippen molar-refractivity contribution in [3.05, 3.63) is 12.1 Å². The number of hydrogen-bond donors (Lipinski definition) is 2. The van der Waals surface area contributed by atoms with Gasteiger partial charge in [-0.3, -0.25) is 0 Å². The van der Waals surface area contributed by atoms with Gasteiger partial charge in [0.1, 0.15) is 11.5 Å². The number of pyridine rings is 1. The second kappa shape index (κ2) is 2.96. The first-order valence-electron chi connectivity index (χ1n) is 3.06. The van der Waals surface area contributed by atoms with Crippen molar-refractivity contribution >= 4 is 17.3 Å². The molecule has 1 heterocycles. The summed E-state index contributed by atoms with van der Waals surface area (Å²) in [6.45, 7) is 0. The van der Waals surface area contributed by atoms with E-state index in [1.165, 1.54) is 0 Å². The standard InChI is InChI=1S/C6H9N5/c1-9-11-4-2-3-5(7)10-6(4)8/h2-3H,1H3,(H4,7,8,10). The first-order valence-corrected chi connectivity index (χ1v) is 3.06. The number of aromatic nitrogens is 1. The van der Waals surface area contributed by atoms with Crippen LogP contribution in [0.15, 0.2) is 22.4 Å². The molecule has 11 heavy (non-hydrogen) atoms. The summed E-state index contributed by atoms with van der Waals surface area (Å²) in [5.41, 5.74) is 11.4. The van der Waals surface area contributed by atoms with E-state index >= 15 is 0 Å². The maximum Gasteiger partial charge on any atom is 0.153 e. The third kappa shape index (κ3) is 1.64. The fourth-order valence-corrected chi connectivity index (χ4v) is 0.676. The number of nitrogens with two attached hydrogens (primary N) is 2. The molecule has 1 aromatic rings. The second-order valence-corrected chi connectivity index (χ2v) is 1.94. The van der Waals surface area contributed by atoms with Crippen molar-refractivity contribution in [1.29, 1.82) is 0 Å². The van der Waals surface area contributed by atoms with Gasteiger partial charge >= 0.3 is 0 Å². The van der Waals surface area contributed by atoms with Crippen molar-refractivity contribution in [3.63, 3.8) is 0 Å². The van der Waals surface area contributed by atoms with Crippen LogP contribution in [0.5, 0.6) is 0 Å². The summed E-state index contributed by atoms with van der Waals surface area (Å²) in [7, 11) is 1.57. The summed E-state index contributed by atoms with van der Waals surface area (Å²) in [5.74, 6) is 0.688. The van der Waals surface area contributed by atoms with Gasteiger partial charge in [0.15, 0.2) is 5.82 Å². The van der Waals surface area contributed by atoms with E-state index in [4.69, 9.17) is 11.5 Å². The Morgan fingerprint density at radius 3 is 2.64 bits per heavy atom. The van der Waals surface area contributed by atoms with Gasteiger partial charge in [0.05, 0.1) is 0 Å². The Morgan fingerprint density at radius 2 is 2.09 bits per heavy atom. The second-order valence-electron chi connectivity index (χ2n) is 1.94. The van der Waals surface area contributed by atoms with Crippen LogP contribution >= 0.6 is 0 Å². The highest BCUT2D eigenvalue weighted by Crippen LogP contribution is 2.20. The highest BCUT2D eigenvalue weighted by Gasteiger charge is 1.97. The SMILES string of the molecule is CN=Nc1ccc(N)nc1N. The van der Waals surface area contributed by atoms with E-state index in [1.807, 2.05) is 0 Å². The van der Waals surface area contributed by atoms with Gasteiger partial charge < -0.3 is 11.5 Å². The first kappa shape index (κ1) is 7.46. The molecule has 0 spiro atoms. The molecule has 5 nitrogen and oxygen atoms in total. The minimum Gasteiger partial charge on any atom is -0.384 e. The Bertz CT molecular complexity index is 280. The van der Waals surface area contributed by atoms with Crippen molar-refractivity contribution in [1.82, 2.24) is 4.98 Å². The van der Waals surface area contributed by atoms with E-state index < -0.39 is 0 Å². The van der Waals surface area contributed by atoms with Gasteiger partial charge in [0.2, 0.25) is 0 Å². The lowest BCUT2D eigenvalue weighted by Crippen LogP contribution is -1.95. The van der Waals surface area contributed by atoms with Crippen LogP contribution in [-0.2, 0) is 0 Å². The van der Waals surface area contributed by atoms with Gasteiger partial charge in [-0.05, 0) is 12.1 Å². The molecule has 0 radical (unpaired) electrons. The van der Waals surface area contributed by atoms with Gasteiger partial charge in [-0.25, -0.2) is 4.98 Å². The van der Waals surface area contributed by atoms with Crippen LogP contribution in [0.2, 0.25) is 0 Å². The Labute approximate surface area is 64.1 Å². The van der Waals surface area contributed by atoms with E-state index in [1.54, 1.807) is 19.2 Å². The monoisotopic (exact) mass is 151 g/mol. The lowest BCUT2D eigenvalue weighted by Gasteiger charge is -1.97. The zero-order valence-corrected chi connectivity index (χ0v) is 6.15. The third-order valence-electron chi connectivity index (χ3n) is 1.13. The number of nitrogens with zero attached hydrogens (tertiary/aromatic N) is 3. The maximum atomic E-state index is 5.46. The smallest absolute Gasteiger partial charge is 0.153 e. The van der Waals surface area contributed by atoms with Gasteiger partial charge in [0.25, 0.3) is 0 Å². The molecule has 0 saturated carbocycles. The summed E-state index contributed by atoms with van der Waals surface area (Å²) in [6.07, 6.45) is 0. The van der Waals surface area contributed by atoms with E-state index in [0.717, 1.165) is 0 Å². The molecule has 0 bridgehead atoms. The molecule has 0 aliphatic rings. The molecule has 58 valence electrons. The minimum atomic E-state index is 0.301. The number of azo groups is 1. The highest BCUT2D eigenvalue weighted by atomic mass is 15.1. The predicted molar refractivity (Wildman–Crippen MR) is 43.5 cm³/mol. The Balaban J connectivity index is 3.09. The topological polar surface area (TPSA) is 89.6 Å². The van der Waals surface area contributed by atoms with Gasteiger partial charge in [-0.1, -0.05) is 0 Å². The lowest BCUT2D eigenvalue weighted by atomic mass is 10.4. The van der Waals surface area contributed by atoms with Crippen molar-refractivity contribution in [2.24, 2.45) is 10.2 Å². The molecule has 0 aliphatic carbocycles. The number of hydrogen-bond acceptors (Lipinski definition) is 5. The molecule has 0 fully saturated rings. The van der Waals surface area contributed by atoms with E-state index in [0.29, 0.717) is 17.3 Å². The molecule has 0 aliphatic heterocycles. The molecular weight excluding hydrogens is 142 g/mol. The molecule has 5 heteroatoms. The van der Waals surface area contributed by atoms with E-state index in [9.17, 15) is 0 Å². The maximum absolute atomic E-state index is 5.46. The average molecular weight is 151 g/mol. The molecule has 0 aromatic carbocycles. The zero-order chi connectivity index (χ0) is 8.27. The number of nitrogen functional groups attached to an aromatic ring is 2. The van der Waals surface area contributed by atoms with Crippen LogP contribution in [0.25, 0.3) is 0 Å². The van der Waals surface area contributed by atoms with Gasteiger partial charge in [0, 0.05) is 7.05 Å². The molecule has 0 atom stereocenters. The lowest BCUT2D eigenvalue weighted by molar-refractivity contribution is 1.15. The van der Waals surface area contributed by atoms with Crippen LogP contribution in [0.4, 0.5) is 17.3 Å². The Hall–Kier alpha value is -1.65. The highest BCUT2D eigenvalue weighted by molar-refractivity contribution is 5.59. The molecule has 0 unspecified atom stereocenters. The summed E-state index contributed by atoms with van der Waals surface area (Å²) in [5, 5.41) is 7.29. The molecule has 4 N–H and O–H groups in total. The summed E-state index contributed by atoms with van der Waals surface area (Å²) in [4.78, 5) is 3.79. The van der Waals surface area contributed by atoms with Crippen molar-refractivity contribution < 1.29 is 0 Å². The Morgan fingerprint density at radius 1 is 1.36 bits per heavy atom. The molecule has 1 aromatic heterocycles. The molecule has 1 rings (SSSR count). The number of anilines is 2. The van der Waals surface area contributed by atoms with Crippen LogP contribution < -0.4 is 11.5 Å². The van der Waals surface area contributed by atoms with Crippen molar-refractivity contribution in [3.8, 4) is 0 Å². The predicted octanol–water partition coefficient (Wildman–Crippen LogP) is 0.960. The first-order chi connectivity index (χ1) is 5.24. The largest absolute Gasteiger partial charge is 0.384 e. The van der Waals surface area contributed by atoms with Crippen molar-refractivity contribution in [2.75, 3.05) is 18.5 Å². The fraction of sp³-hybridized carbons (Fsp3) is 0.167. The van der Waals surface area contributed by atoms with E-state index in [2.05, 4.69) is 15.2 Å². The van der Waals surface area contributed by atoms with Gasteiger partial charge in [-0.2, -0.15) is 10.2 Å². The Kier molecular flexibility index (Phi) is 2.00. The van der Waals surface area contributed by atoms with Crippen molar-refractivity contribution in [2.45, 2.75) is 0 Å². The third-order valence-corrected chi connectivity index (χ3v) is 1.13. The summed E-state index contributed by atoms with van der Waals surface area (Å²) in [6, 6.07) is 3.30.